The molecular weight excluding hydrogens is 335 g/mol. The Morgan fingerprint density at radius 3 is 2.62 bits per heavy atom. The normalized spacial score (nSPS) is 10.8. The number of ether oxygens (including phenoxy) is 2. The summed E-state index contributed by atoms with van der Waals surface area (Å²) in [5.74, 6) is 0.141. The number of benzene rings is 2. The van der Waals surface area contributed by atoms with Crippen molar-refractivity contribution in [2.45, 2.75) is 13.3 Å². The molecular formula is C20H19FN2O3. The number of nitrogens with one attached hydrogen (secondary N) is 1. The third kappa shape index (κ3) is 5.08. The van der Waals surface area contributed by atoms with Crippen LogP contribution >= 0.6 is 0 Å². The highest BCUT2D eigenvalue weighted by Crippen LogP contribution is 2.27. The third-order valence-corrected chi connectivity index (χ3v) is 3.45. The van der Waals surface area contributed by atoms with Gasteiger partial charge in [-0.1, -0.05) is 6.92 Å². The first-order chi connectivity index (χ1) is 12.6. The van der Waals surface area contributed by atoms with E-state index in [9.17, 15) is 14.4 Å². The third-order valence-electron chi connectivity index (χ3n) is 3.45. The van der Waals surface area contributed by atoms with E-state index in [1.165, 1.54) is 30.3 Å². The lowest BCUT2D eigenvalue weighted by atomic mass is 10.1. The average Bonchev–Trinajstić information content (AvgIpc) is 2.66. The van der Waals surface area contributed by atoms with Crippen LogP contribution < -0.4 is 14.8 Å². The van der Waals surface area contributed by atoms with Gasteiger partial charge in [0.05, 0.1) is 13.7 Å². The molecule has 2 aromatic carbocycles. The van der Waals surface area contributed by atoms with Gasteiger partial charge < -0.3 is 14.8 Å². The van der Waals surface area contributed by atoms with Crippen LogP contribution in [0.1, 0.15) is 18.9 Å². The lowest BCUT2D eigenvalue weighted by Crippen LogP contribution is -2.13. The molecule has 6 heteroatoms. The summed E-state index contributed by atoms with van der Waals surface area (Å²) in [7, 11) is 1.55. The molecule has 0 saturated carbocycles. The Bertz CT molecular complexity index is 839. The van der Waals surface area contributed by atoms with Crippen molar-refractivity contribution >= 4 is 17.7 Å². The molecule has 2 rings (SSSR count). The Morgan fingerprint density at radius 1 is 1.27 bits per heavy atom. The zero-order chi connectivity index (χ0) is 18.9. The minimum Gasteiger partial charge on any atom is -0.497 e. The minimum absolute atomic E-state index is 0.0964. The molecule has 0 aliphatic carbocycles. The van der Waals surface area contributed by atoms with Gasteiger partial charge in [0.25, 0.3) is 5.91 Å². The van der Waals surface area contributed by atoms with Crippen LogP contribution in [0.4, 0.5) is 10.1 Å². The summed E-state index contributed by atoms with van der Waals surface area (Å²) in [5, 5.41) is 11.9. The number of anilines is 1. The summed E-state index contributed by atoms with van der Waals surface area (Å²) in [6, 6.07) is 12.3. The summed E-state index contributed by atoms with van der Waals surface area (Å²) in [5.41, 5.74) is 0.889. The predicted octanol–water partition coefficient (Wildman–Crippen LogP) is 4.17. The van der Waals surface area contributed by atoms with Crippen LogP contribution in [-0.2, 0) is 4.79 Å². The Balaban J connectivity index is 2.27. The standard InChI is InChI=1S/C20H19FN2O3/c1-3-10-26-19-12-18(25-2)9-4-14(19)11-15(13-22)20(24)23-17-7-5-16(21)6-8-17/h4-9,11-12H,3,10H2,1-2H3,(H,23,24)/b15-11+. The van der Waals surface area contributed by atoms with Gasteiger partial charge in [-0.15, -0.1) is 0 Å². The molecule has 0 aliphatic rings. The van der Waals surface area contributed by atoms with Crippen molar-refractivity contribution in [2.24, 2.45) is 0 Å². The first-order valence-electron chi connectivity index (χ1n) is 8.07. The van der Waals surface area contributed by atoms with E-state index in [0.29, 0.717) is 29.4 Å². The van der Waals surface area contributed by atoms with Crippen molar-refractivity contribution in [1.82, 2.24) is 0 Å². The zero-order valence-electron chi connectivity index (χ0n) is 14.6. The molecule has 26 heavy (non-hydrogen) atoms. The second-order valence-electron chi connectivity index (χ2n) is 5.38. The van der Waals surface area contributed by atoms with Crippen molar-refractivity contribution in [3.8, 4) is 17.6 Å². The molecule has 0 radical (unpaired) electrons. The number of nitriles is 1. The van der Waals surface area contributed by atoms with E-state index in [0.717, 1.165) is 6.42 Å². The van der Waals surface area contributed by atoms with E-state index in [1.54, 1.807) is 25.3 Å². The van der Waals surface area contributed by atoms with Crippen LogP contribution in [0, 0.1) is 17.1 Å². The molecule has 2 aromatic rings. The predicted molar refractivity (Wildman–Crippen MR) is 97.4 cm³/mol. The van der Waals surface area contributed by atoms with Crippen molar-refractivity contribution in [1.29, 1.82) is 5.26 Å². The maximum atomic E-state index is 12.9. The van der Waals surface area contributed by atoms with Crippen LogP contribution in [0.2, 0.25) is 0 Å². The first kappa shape index (κ1) is 19.0. The van der Waals surface area contributed by atoms with Crippen LogP contribution in [-0.4, -0.2) is 19.6 Å². The summed E-state index contributed by atoms with van der Waals surface area (Å²) in [4.78, 5) is 12.3. The summed E-state index contributed by atoms with van der Waals surface area (Å²) in [6.45, 7) is 2.48. The second kappa shape index (κ2) is 9.23. The highest BCUT2D eigenvalue weighted by Gasteiger charge is 2.12. The molecule has 0 unspecified atom stereocenters. The van der Waals surface area contributed by atoms with Gasteiger partial charge in [0.1, 0.15) is 29.0 Å². The quantitative estimate of drug-likeness (QED) is 0.598. The van der Waals surface area contributed by atoms with E-state index in [4.69, 9.17) is 9.47 Å². The summed E-state index contributed by atoms with van der Waals surface area (Å²) < 4.78 is 23.8. The van der Waals surface area contributed by atoms with Crippen LogP contribution in [0.3, 0.4) is 0 Å². The molecule has 0 aromatic heterocycles. The highest BCUT2D eigenvalue weighted by atomic mass is 19.1. The SMILES string of the molecule is CCCOc1cc(OC)ccc1/C=C(\C#N)C(=O)Nc1ccc(F)cc1. The van der Waals surface area contributed by atoms with Gasteiger partial charge in [-0.05, 0) is 48.9 Å². The van der Waals surface area contributed by atoms with E-state index in [1.807, 2.05) is 13.0 Å². The molecule has 0 fully saturated rings. The van der Waals surface area contributed by atoms with E-state index < -0.39 is 11.7 Å². The first-order valence-corrected chi connectivity index (χ1v) is 8.07. The lowest BCUT2D eigenvalue weighted by molar-refractivity contribution is -0.112. The highest BCUT2D eigenvalue weighted by molar-refractivity contribution is 6.09. The molecule has 0 bridgehead atoms. The Morgan fingerprint density at radius 2 is 2.00 bits per heavy atom. The molecule has 5 nitrogen and oxygen atoms in total. The minimum atomic E-state index is -0.587. The van der Waals surface area contributed by atoms with Crippen molar-refractivity contribution in [2.75, 3.05) is 19.0 Å². The number of carbonyl (C=O) groups excluding carboxylic acids is 1. The fourth-order valence-corrected chi connectivity index (χ4v) is 2.13. The topological polar surface area (TPSA) is 71.3 Å². The van der Waals surface area contributed by atoms with Gasteiger partial charge in [0.2, 0.25) is 0 Å². The Hall–Kier alpha value is -3.33. The van der Waals surface area contributed by atoms with Crippen LogP contribution in [0.15, 0.2) is 48.0 Å². The van der Waals surface area contributed by atoms with Crippen LogP contribution in [0.25, 0.3) is 6.08 Å². The Kier molecular flexibility index (Phi) is 6.75. The number of hydrogen-bond acceptors (Lipinski definition) is 4. The lowest BCUT2D eigenvalue weighted by Gasteiger charge is -2.11. The largest absolute Gasteiger partial charge is 0.497 e. The monoisotopic (exact) mass is 354 g/mol. The molecule has 0 saturated heterocycles. The van der Waals surface area contributed by atoms with Gasteiger partial charge in [-0.25, -0.2) is 4.39 Å². The average molecular weight is 354 g/mol. The number of rotatable bonds is 7. The number of carbonyl (C=O) groups is 1. The molecule has 0 spiro atoms. The number of hydrogen-bond donors (Lipinski definition) is 1. The van der Waals surface area contributed by atoms with E-state index in [2.05, 4.69) is 5.32 Å². The maximum Gasteiger partial charge on any atom is 0.266 e. The van der Waals surface area contributed by atoms with Gasteiger partial charge in [0.15, 0.2) is 0 Å². The molecule has 134 valence electrons. The van der Waals surface area contributed by atoms with Crippen molar-refractivity contribution < 1.29 is 18.7 Å². The smallest absolute Gasteiger partial charge is 0.266 e. The second-order valence-corrected chi connectivity index (χ2v) is 5.38. The molecule has 1 N–H and O–H groups in total. The fourth-order valence-electron chi connectivity index (χ4n) is 2.13. The number of nitrogens with zero attached hydrogens (tertiary/aromatic N) is 1. The van der Waals surface area contributed by atoms with Gasteiger partial charge in [-0.2, -0.15) is 5.26 Å². The van der Waals surface area contributed by atoms with Crippen molar-refractivity contribution in [3.05, 3.63) is 59.4 Å². The van der Waals surface area contributed by atoms with Gasteiger partial charge >= 0.3 is 0 Å². The molecule has 0 aliphatic heterocycles. The van der Waals surface area contributed by atoms with Gasteiger partial charge in [0, 0.05) is 17.3 Å². The molecule has 1 amide bonds. The molecule has 0 atom stereocenters. The van der Waals surface area contributed by atoms with E-state index >= 15 is 0 Å². The molecule has 0 heterocycles. The Labute approximate surface area is 151 Å². The number of amides is 1. The zero-order valence-corrected chi connectivity index (χ0v) is 14.6. The van der Waals surface area contributed by atoms with Crippen molar-refractivity contribution in [3.63, 3.8) is 0 Å². The van der Waals surface area contributed by atoms with Gasteiger partial charge in [-0.3, -0.25) is 4.79 Å². The fraction of sp³-hybridized carbons (Fsp3) is 0.200. The summed E-state index contributed by atoms with van der Waals surface area (Å²) >= 11 is 0. The maximum absolute atomic E-state index is 12.9. The van der Waals surface area contributed by atoms with E-state index in [-0.39, 0.29) is 5.57 Å². The summed E-state index contributed by atoms with van der Waals surface area (Å²) in [6.07, 6.45) is 2.26. The van der Waals surface area contributed by atoms with Crippen LogP contribution in [0.5, 0.6) is 11.5 Å². The number of halogens is 1. The number of methoxy groups -OCH3 is 1.